The molecule has 0 aromatic heterocycles. The van der Waals surface area contributed by atoms with E-state index in [2.05, 4.69) is 0 Å². The van der Waals surface area contributed by atoms with Crippen molar-refractivity contribution in [2.24, 2.45) is 0 Å². The SMILES string of the molecule is CP(C)(=O)c1ccc(/C=C/C#N)cc1. The quantitative estimate of drug-likeness (QED) is 0.549. The topological polar surface area (TPSA) is 40.9 Å². The second kappa shape index (κ2) is 4.26. The molecule has 72 valence electrons. The predicted octanol–water partition coefficient (Wildman–Crippen LogP) is 2.47. The molecule has 0 saturated heterocycles. The molecule has 0 unspecified atom stereocenters. The fourth-order valence-corrected chi connectivity index (χ4v) is 1.94. The van der Waals surface area contributed by atoms with Gasteiger partial charge in [-0.15, -0.1) is 0 Å². The molecule has 14 heavy (non-hydrogen) atoms. The molecule has 0 amide bonds. The Labute approximate surface area is 84.2 Å². The van der Waals surface area contributed by atoms with Gasteiger partial charge in [-0.25, -0.2) is 0 Å². The van der Waals surface area contributed by atoms with Crippen LogP contribution in [0.4, 0.5) is 0 Å². The molecule has 0 bridgehead atoms. The molecule has 0 radical (unpaired) electrons. The first kappa shape index (κ1) is 10.8. The second-order valence-electron chi connectivity index (χ2n) is 3.40. The summed E-state index contributed by atoms with van der Waals surface area (Å²) < 4.78 is 11.7. The minimum absolute atomic E-state index is 0.867. The van der Waals surface area contributed by atoms with Gasteiger partial charge >= 0.3 is 0 Å². The third-order valence-electron chi connectivity index (χ3n) is 1.87. The lowest BCUT2D eigenvalue weighted by Crippen LogP contribution is -2.01. The minimum Gasteiger partial charge on any atom is -0.319 e. The Morgan fingerprint density at radius 3 is 2.29 bits per heavy atom. The van der Waals surface area contributed by atoms with Crippen molar-refractivity contribution < 1.29 is 4.57 Å². The van der Waals surface area contributed by atoms with Crippen molar-refractivity contribution >= 4 is 18.5 Å². The van der Waals surface area contributed by atoms with Gasteiger partial charge in [-0.3, -0.25) is 0 Å². The maximum atomic E-state index is 11.7. The summed E-state index contributed by atoms with van der Waals surface area (Å²) >= 11 is 0. The lowest BCUT2D eigenvalue weighted by Gasteiger charge is -2.06. The van der Waals surface area contributed by atoms with Gasteiger partial charge in [0.25, 0.3) is 0 Å². The normalized spacial score (nSPS) is 11.5. The Kier molecular flexibility index (Phi) is 3.28. The highest BCUT2D eigenvalue weighted by Gasteiger charge is 2.09. The third-order valence-corrected chi connectivity index (χ3v) is 3.41. The van der Waals surface area contributed by atoms with Gasteiger partial charge in [-0.05, 0) is 25.0 Å². The van der Waals surface area contributed by atoms with Gasteiger partial charge in [0, 0.05) is 11.4 Å². The lowest BCUT2D eigenvalue weighted by molar-refractivity contribution is 0.588. The van der Waals surface area contributed by atoms with Crippen molar-refractivity contribution in [3.63, 3.8) is 0 Å². The fourth-order valence-electron chi connectivity index (χ4n) is 1.08. The van der Waals surface area contributed by atoms with Crippen molar-refractivity contribution in [2.45, 2.75) is 0 Å². The van der Waals surface area contributed by atoms with Crippen LogP contribution in [0.25, 0.3) is 6.08 Å². The molecule has 0 aliphatic heterocycles. The third kappa shape index (κ3) is 2.87. The van der Waals surface area contributed by atoms with Gasteiger partial charge in [-0.2, -0.15) is 5.26 Å². The van der Waals surface area contributed by atoms with E-state index in [4.69, 9.17) is 5.26 Å². The van der Waals surface area contributed by atoms with E-state index in [1.807, 2.05) is 30.3 Å². The molecule has 0 fully saturated rings. The van der Waals surface area contributed by atoms with Crippen LogP contribution in [-0.4, -0.2) is 13.3 Å². The Hall–Kier alpha value is -1.32. The molecule has 0 saturated carbocycles. The van der Waals surface area contributed by atoms with Crippen LogP contribution >= 0.6 is 7.14 Å². The van der Waals surface area contributed by atoms with E-state index >= 15 is 0 Å². The number of allylic oxidation sites excluding steroid dienone is 1. The van der Waals surface area contributed by atoms with Gasteiger partial charge in [0.05, 0.1) is 6.07 Å². The lowest BCUT2D eigenvalue weighted by atomic mass is 10.2. The van der Waals surface area contributed by atoms with Gasteiger partial charge in [0.2, 0.25) is 0 Å². The molecule has 2 nitrogen and oxygen atoms in total. The molecule has 0 spiro atoms. The number of nitriles is 1. The summed E-state index contributed by atoms with van der Waals surface area (Å²) in [6, 6.07) is 9.34. The van der Waals surface area contributed by atoms with E-state index < -0.39 is 7.14 Å². The molecule has 0 atom stereocenters. The van der Waals surface area contributed by atoms with Crippen molar-refractivity contribution in [1.82, 2.24) is 0 Å². The Balaban J connectivity index is 2.97. The second-order valence-corrected chi connectivity index (χ2v) is 6.62. The molecular weight excluding hydrogens is 193 g/mol. The van der Waals surface area contributed by atoms with Crippen molar-refractivity contribution in [1.29, 1.82) is 5.26 Å². The van der Waals surface area contributed by atoms with Crippen LogP contribution in [0.1, 0.15) is 5.56 Å². The zero-order valence-electron chi connectivity index (χ0n) is 8.27. The first-order chi connectivity index (χ1) is 6.54. The predicted molar refractivity (Wildman–Crippen MR) is 60.2 cm³/mol. The Bertz CT molecular complexity index is 420. The zero-order chi connectivity index (χ0) is 10.6. The molecule has 1 aromatic carbocycles. The van der Waals surface area contributed by atoms with Crippen LogP contribution in [0.15, 0.2) is 30.3 Å². The van der Waals surface area contributed by atoms with Gasteiger partial charge in [0.15, 0.2) is 0 Å². The monoisotopic (exact) mass is 205 g/mol. The number of hydrogen-bond acceptors (Lipinski definition) is 2. The van der Waals surface area contributed by atoms with E-state index in [0.717, 1.165) is 10.9 Å². The molecule has 1 aromatic rings. The van der Waals surface area contributed by atoms with Crippen LogP contribution < -0.4 is 5.30 Å². The highest BCUT2D eigenvalue weighted by Crippen LogP contribution is 2.34. The molecule has 3 heteroatoms. The number of rotatable bonds is 2. The van der Waals surface area contributed by atoms with Crippen molar-refractivity contribution in [3.05, 3.63) is 35.9 Å². The maximum Gasteiger partial charge on any atom is 0.109 e. The van der Waals surface area contributed by atoms with E-state index in [1.54, 1.807) is 19.4 Å². The molecule has 0 N–H and O–H groups in total. The van der Waals surface area contributed by atoms with Crippen molar-refractivity contribution in [3.8, 4) is 6.07 Å². The minimum atomic E-state index is -2.15. The summed E-state index contributed by atoms with van der Waals surface area (Å²) in [6.45, 7) is 3.49. The average molecular weight is 205 g/mol. The summed E-state index contributed by atoms with van der Waals surface area (Å²) in [6.07, 6.45) is 3.15. The first-order valence-corrected chi connectivity index (χ1v) is 6.86. The first-order valence-electron chi connectivity index (χ1n) is 4.26. The molecule has 1 rings (SSSR count). The summed E-state index contributed by atoms with van der Waals surface area (Å²) in [5.41, 5.74) is 0.948. The fraction of sp³-hybridized carbons (Fsp3) is 0.182. The highest BCUT2D eigenvalue weighted by molar-refractivity contribution is 7.70. The molecular formula is C11H12NOP. The smallest absolute Gasteiger partial charge is 0.109 e. The van der Waals surface area contributed by atoms with Crippen LogP contribution in [-0.2, 0) is 4.57 Å². The highest BCUT2D eigenvalue weighted by atomic mass is 31.2. The number of nitrogens with zero attached hydrogens (tertiary/aromatic N) is 1. The summed E-state index contributed by atoms with van der Waals surface area (Å²) in [4.78, 5) is 0. The number of hydrogen-bond donors (Lipinski definition) is 0. The standard InChI is InChI=1S/C11H12NOP/c1-14(2,13)11-7-5-10(6-8-11)4-3-9-12/h3-8H,1-2H3/b4-3+. The largest absolute Gasteiger partial charge is 0.319 e. The summed E-state index contributed by atoms with van der Waals surface area (Å²) in [5.74, 6) is 0. The molecule has 0 aliphatic carbocycles. The van der Waals surface area contributed by atoms with Gasteiger partial charge in [0.1, 0.15) is 7.14 Å². The van der Waals surface area contributed by atoms with Gasteiger partial charge < -0.3 is 4.57 Å². The van der Waals surface area contributed by atoms with Gasteiger partial charge in [-0.1, -0.05) is 24.3 Å². The summed E-state index contributed by atoms with van der Waals surface area (Å²) in [5, 5.41) is 9.20. The molecule has 0 heterocycles. The molecule has 0 aliphatic rings. The van der Waals surface area contributed by atoms with E-state index in [0.29, 0.717) is 0 Å². The Morgan fingerprint density at radius 1 is 1.29 bits per heavy atom. The van der Waals surface area contributed by atoms with Crippen LogP contribution in [0.5, 0.6) is 0 Å². The number of benzene rings is 1. The van der Waals surface area contributed by atoms with Crippen LogP contribution in [0.3, 0.4) is 0 Å². The average Bonchev–Trinajstić information content (AvgIpc) is 2.14. The summed E-state index contributed by atoms with van der Waals surface area (Å²) in [7, 11) is -2.15. The van der Waals surface area contributed by atoms with Crippen LogP contribution in [0, 0.1) is 11.3 Å². The Morgan fingerprint density at radius 2 is 1.86 bits per heavy atom. The van der Waals surface area contributed by atoms with E-state index in [1.165, 1.54) is 6.08 Å². The zero-order valence-corrected chi connectivity index (χ0v) is 9.16. The van der Waals surface area contributed by atoms with Crippen LogP contribution in [0.2, 0.25) is 0 Å². The van der Waals surface area contributed by atoms with Crippen molar-refractivity contribution in [2.75, 3.05) is 13.3 Å². The van der Waals surface area contributed by atoms with E-state index in [9.17, 15) is 4.57 Å². The van der Waals surface area contributed by atoms with E-state index in [-0.39, 0.29) is 0 Å². The maximum absolute atomic E-state index is 11.7.